The summed E-state index contributed by atoms with van der Waals surface area (Å²) in [6.07, 6.45) is 3.75. The maximum absolute atomic E-state index is 4.53. The molecule has 0 radical (unpaired) electrons. The monoisotopic (exact) mass is 286 g/mol. The molecule has 1 N–H and O–H groups in total. The van der Waals surface area contributed by atoms with Crippen LogP contribution in [-0.2, 0) is 6.42 Å². The van der Waals surface area contributed by atoms with E-state index in [0.717, 1.165) is 23.9 Å². The Morgan fingerprint density at radius 1 is 1.25 bits per heavy atom. The minimum Gasteiger partial charge on any atom is -0.309 e. The predicted octanol–water partition coefficient (Wildman–Crippen LogP) is 4.04. The van der Waals surface area contributed by atoms with E-state index < -0.39 is 0 Å². The Balaban J connectivity index is 1.59. The summed E-state index contributed by atoms with van der Waals surface area (Å²) in [4.78, 5) is 4.53. The normalized spacial score (nSPS) is 16.3. The first-order valence-electron chi connectivity index (χ1n) is 7.43. The lowest BCUT2D eigenvalue weighted by molar-refractivity contribution is 0.483. The summed E-state index contributed by atoms with van der Waals surface area (Å²) in [5.74, 6) is 0.829. The third kappa shape index (κ3) is 3.47. The Morgan fingerprint density at radius 3 is 2.60 bits per heavy atom. The van der Waals surface area contributed by atoms with Crippen molar-refractivity contribution in [1.29, 1.82) is 0 Å². The van der Waals surface area contributed by atoms with E-state index in [0.29, 0.717) is 6.04 Å². The molecule has 0 bridgehead atoms. The zero-order chi connectivity index (χ0) is 13.9. The number of hydrogen-bond donors (Lipinski definition) is 1. The van der Waals surface area contributed by atoms with Gasteiger partial charge in [0.05, 0.1) is 10.7 Å². The number of aromatic nitrogens is 1. The molecule has 0 amide bonds. The predicted molar refractivity (Wildman–Crippen MR) is 85.2 cm³/mol. The van der Waals surface area contributed by atoms with Gasteiger partial charge >= 0.3 is 0 Å². The smallest absolute Gasteiger partial charge is 0.0897 e. The standard InChI is InChI=1S/C17H22N2S/c1-12-3-5-14(6-4-12)17(15-7-8-15)18-10-9-16-11-20-13(2)19-16/h3-6,11,15,17-18H,7-10H2,1-2H3. The van der Waals surface area contributed by atoms with Gasteiger partial charge < -0.3 is 5.32 Å². The SMILES string of the molecule is Cc1ccc(C(NCCc2csc(C)n2)C2CC2)cc1. The van der Waals surface area contributed by atoms with Crippen molar-refractivity contribution in [2.75, 3.05) is 6.54 Å². The second kappa shape index (κ2) is 6.06. The van der Waals surface area contributed by atoms with E-state index >= 15 is 0 Å². The van der Waals surface area contributed by atoms with Gasteiger partial charge in [-0.15, -0.1) is 11.3 Å². The fourth-order valence-electron chi connectivity index (χ4n) is 2.64. The van der Waals surface area contributed by atoms with E-state index in [-0.39, 0.29) is 0 Å². The molecule has 2 nitrogen and oxygen atoms in total. The molecule has 1 fully saturated rings. The lowest BCUT2D eigenvalue weighted by Crippen LogP contribution is -2.25. The van der Waals surface area contributed by atoms with E-state index in [2.05, 4.69) is 53.8 Å². The van der Waals surface area contributed by atoms with Crippen LogP contribution >= 0.6 is 11.3 Å². The Kier molecular flexibility index (Phi) is 4.18. The van der Waals surface area contributed by atoms with Gasteiger partial charge in [0, 0.05) is 24.4 Å². The lowest BCUT2D eigenvalue weighted by Gasteiger charge is -2.18. The van der Waals surface area contributed by atoms with Crippen molar-refractivity contribution in [3.63, 3.8) is 0 Å². The number of rotatable bonds is 6. The highest BCUT2D eigenvalue weighted by molar-refractivity contribution is 7.09. The number of aryl methyl sites for hydroxylation is 2. The van der Waals surface area contributed by atoms with Gasteiger partial charge in [-0.25, -0.2) is 4.98 Å². The molecule has 0 saturated heterocycles. The molecule has 0 aliphatic heterocycles. The average molecular weight is 286 g/mol. The van der Waals surface area contributed by atoms with Gasteiger partial charge in [0.15, 0.2) is 0 Å². The topological polar surface area (TPSA) is 24.9 Å². The quantitative estimate of drug-likeness (QED) is 0.867. The number of nitrogens with one attached hydrogen (secondary N) is 1. The molecule has 0 spiro atoms. The van der Waals surface area contributed by atoms with Crippen LogP contribution in [0.25, 0.3) is 0 Å². The summed E-state index contributed by atoms with van der Waals surface area (Å²) in [7, 11) is 0. The van der Waals surface area contributed by atoms with Gasteiger partial charge in [0.1, 0.15) is 0 Å². The first kappa shape index (κ1) is 13.8. The van der Waals surface area contributed by atoms with Crippen molar-refractivity contribution in [3.05, 3.63) is 51.5 Å². The second-order valence-corrected chi connectivity index (χ2v) is 6.85. The van der Waals surface area contributed by atoms with Crippen molar-refractivity contribution in [2.24, 2.45) is 5.92 Å². The summed E-state index contributed by atoms with van der Waals surface area (Å²) < 4.78 is 0. The third-order valence-electron chi connectivity index (χ3n) is 3.94. The van der Waals surface area contributed by atoms with Crippen LogP contribution < -0.4 is 5.32 Å². The van der Waals surface area contributed by atoms with E-state index in [1.54, 1.807) is 11.3 Å². The Morgan fingerprint density at radius 2 is 2.00 bits per heavy atom. The van der Waals surface area contributed by atoms with Crippen LogP contribution in [0.5, 0.6) is 0 Å². The zero-order valence-corrected chi connectivity index (χ0v) is 13.0. The molecule has 1 saturated carbocycles. The van der Waals surface area contributed by atoms with Crippen LogP contribution in [0.15, 0.2) is 29.6 Å². The van der Waals surface area contributed by atoms with Crippen molar-refractivity contribution in [2.45, 2.75) is 39.2 Å². The fourth-order valence-corrected chi connectivity index (χ4v) is 3.29. The van der Waals surface area contributed by atoms with Gasteiger partial charge in [-0.1, -0.05) is 29.8 Å². The van der Waals surface area contributed by atoms with Crippen molar-refractivity contribution in [1.82, 2.24) is 10.3 Å². The number of benzene rings is 1. The molecule has 1 aliphatic carbocycles. The van der Waals surface area contributed by atoms with Crippen molar-refractivity contribution >= 4 is 11.3 Å². The second-order valence-electron chi connectivity index (χ2n) is 5.79. The fraction of sp³-hybridized carbons (Fsp3) is 0.471. The summed E-state index contributed by atoms with van der Waals surface area (Å²) >= 11 is 1.74. The molecular weight excluding hydrogens is 264 g/mol. The lowest BCUT2D eigenvalue weighted by atomic mass is 10.0. The average Bonchev–Trinajstić information content (AvgIpc) is 3.19. The number of hydrogen-bond acceptors (Lipinski definition) is 3. The number of thiazole rings is 1. The van der Waals surface area contributed by atoms with Gasteiger partial charge in [-0.3, -0.25) is 0 Å². The van der Waals surface area contributed by atoms with Crippen LogP contribution in [0.3, 0.4) is 0 Å². The summed E-state index contributed by atoms with van der Waals surface area (Å²) in [5.41, 5.74) is 3.99. The molecule has 3 rings (SSSR count). The molecule has 20 heavy (non-hydrogen) atoms. The summed E-state index contributed by atoms with van der Waals surface area (Å²) in [6.45, 7) is 5.23. The van der Waals surface area contributed by atoms with E-state index in [1.807, 2.05) is 0 Å². The van der Waals surface area contributed by atoms with Crippen LogP contribution in [0.4, 0.5) is 0 Å². The number of nitrogens with zero attached hydrogens (tertiary/aromatic N) is 1. The first-order chi connectivity index (χ1) is 9.72. The van der Waals surface area contributed by atoms with Gasteiger partial charge in [-0.05, 0) is 38.2 Å². The maximum atomic E-state index is 4.53. The molecule has 3 heteroatoms. The molecule has 1 aromatic heterocycles. The highest BCUT2D eigenvalue weighted by atomic mass is 32.1. The van der Waals surface area contributed by atoms with E-state index in [1.165, 1.54) is 29.7 Å². The van der Waals surface area contributed by atoms with Crippen LogP contribution in [-0.4, -0.2) is 11.5 Å². The Hall–Kier alpha value is -1.19. The highest BCUT2D eigenvalue weighted by Gasteiger charge is 2.31. The van der Waals surface area contributed by atoms with Gasteiger partial charge in [0.25, 0.3) is 0 Å². The van der Waals surface area contributed by atoms with Crippen LogP contribution in [0.1, 0.15) is 40.7 Å². The van der Waals surface area contributed by atoms with Gasteiger partial charge in [0.2, 0.25) is 0 Å². The molecule has 1 unspecified atom stereocenters. The van der Waals surface area contributed by atoms with Crippen LogP contribution in [0, 0.1) is 19.8 Å². The Labute approximate surface area is 125 Å². The van der Waals surface area contributed by atoms with E-state index in [9.17, 15) is 0 Å². The zero-order valence-electron chi connectivity index (χ0n) is 12.2. The highest BCUT2D eigenvalue weighted by Crippen LogP contribution is 2.40. The molecule has 1 atom stereocenters. The van der Waals surface area contributed by atoms with E-state index in [4.69, 9.17) is 0 Å². The first-order valence-corrected chi connectivity index (χ1v) is 8.31. The molecule has 1 heterocycles. The third-order valence-corrected chi connectivity index (χ3v) is 4.76. The van der Waals surface area contributed by atoms with Crippen LogP contribution in [0.2, 0.25) is 0 Å². The molecule has 1 aliphatic rings. The van der Waals surface area contributed by atoms with Gasteiger partial charge in [-0.2, -0.15) is 0 Å². The Bertz CT molecular complexity index is 555. The minimum atomic E-state index is 0.523. The minimum absolute atomic E-state index is 0.523. The summed E-state index contributed by atoms with van der Waals surface area (Å²) in [6, 6.07) is 9.51. The largest absolute Gasteiger partial charge is 0.309 e. The molecule has 106 valence electrons. The molecule has 1 aromatic carbocycles. The maximum Gasteiger partial charge on any atom is 0.0897 e. The van der Waals surface area contributed by atoms with Crippen molar-refractivity contribution < 1.29 is 0 Å². The molecular formula is C17H22N2S. The summed E-state index contributed by atoms with van der Waals surface area (Å²) in [5, 5.41) is 7.08. The van der Waals surface area contributed by atoms with Crippen molar-refractivity contribution in [3.8, 4) is 0 Å². The molecule has 2 aromatic rings.